The van der Waals surface area contributed by atoms with Crippen LogP contribution in [0.25, 0.3) is 11.3 Å². The molecule has 1 heteroatoms. The first-order chi connectivity index (χ1) is 8.22. The Labute approximate surface area is 103 Å². The van der Waals surface area contributed by atoms with Crippen molar-refractivity contribution in [1.82, 2.24) is 0 Å². The van der Waals surface area contributed by atoms with E-state index in [2.05, 4.69) is 45.0 Å². The highest BCUT2D eigenvalue weighted by Gasteiger charge is 2.13. The lowest BCUT2D eigenvalue weighted by molar-refractivity contribution is 0.485. The molecule has 0 N–H and O–H groups in total. The third-order valence-corrected chi connectivity index (χ3v) is 3.39. The monoisotopic (exact) mass is 228 g/mol. The maximum absolute atomic E-state index is 5.39. The number of hydrogen-bond acceptors (Lipinski definition) is 1. The molecule has 1 unspecified atom stereocenters. The van der Waals surface area contributed by atoms with Crippen LogP contribution in [-0.2, 0) is 0 Å². The minimum absolute atomic E-state index is 0.653. The minimum atomic E-state index is 0.653. The Morgan fingerprint density at radius 2 is 1.76 bits per heavy atom. The van der Waals surface area contributed by atoms with E-state index < -0.39 is 0 Å². The van der Waals surface area contributed by atoms with Crippen molar-refractivity contribution in [3.05, 3.63) is 48.2 Å². The van der Waals surface area contributed by atoms with Gasteiger partial charge in [-0.05, 0) is 36.0 Å². The van der Waals surface area contributed by atoms with Gasteiger partial charge >= 0.3 is 0 Å². The topological polar surface area (TPSA) is 13.1 Å². The zero-order valence-corrected chi connectivity index (χ0v) is 10.8. The van der Waals surface area contributed by atoms with Gasteiger partial charge in [0.25, 0.3) is 0 Å². The highest BCUT2D eigenvalue weighted by Crippen LogP contribution is 2.29. The van der Waals surface area contributed by atoms with Gasteiger partial charge in [-0.3, -0.25) is 0 Å². The van der Waals surface area contributed by atoms with Crippen LogP contribution in [-0.4, -0.2) is 0 Å². The highest BCUT2D eigenvalue weighted by atomic mass is 16.3. The fourth-order valence-electron chi connectivity index (χ4n) is 2.43. The number of hydrogen-bond donors (Lipinski definition) is 0. The van der Waals surface area contributed by atoms with Crippen LogP contribution < -0.4 is 0 Å². The molecule has 0 aliphatic heterocycles. The molecule has 0 amide bonds. The predicted molar refractivity (Wildman–Crippen MR) is 72.0 cm³/mol. The zero-order chi connectivity index (χ0) is 12.3. The van der Waals surface area contributed by atoms with Gasteiger partial charge in [0.05, 0.1) is 6.26 Å². The normalized spacial score (nSPS) is 12.9. The Balaban J connectivity index is 2.23. The third-order valence-electron chi connectivity index (χ3n) is 3.39. The van der Waals surface area contributed by atoms with Crippen LogP contribution in [0.1, 0.15) is 38.7 Å². The molecule has 0 bridgehead atoms. The minimum Gasteiger partial charge on any atom is -0.464 e. The average Bonchev–Trinajstić information content (AvgIpc) is 2.84. The Morgan fingerprint density at radius 1 is 1.06 bits per heavy atom. The van der Waals surface area contributed by atoms with Crippen molar-refractivity contribution in [2.75, 3.05) is 0 Å². The van der Waals surface area contributed by atoms with Gasteiger partial charge in [-0.2, -0.15) is 0 Å². The first-order valence-electron chi connectivity index (χ1n) is 6.36. The smallest absolute Gasteiger partial charge is 0.133 e. The molecule has 1 aromatic carbocycles. The average molecular weight is 228 g/mol. The lowest BCUT2D eigenvalue weighted by atomic mass is 9.86. The van der Waals surface area contributed by atoms with E-state index in [0.717, 1.165) is 11.3 Å². The quantitative estimate of drug-likeness (QED) is 0.710. The van der Waals surface area contributed by atoms with Gasteiger partial charge in [0.1, 0.15) is 5.76 Å². The van der Waals surface area contributed by atoms with E-state index in [1.165, 1.54) is 12.0 Å². The van der Waals surface area contributed by atoms with Crippen molar-refractivity contribution in [2.24, 2.45) is 5.92 Å². The molecule has 0 saturated carbocycles. The van der Waals surface area contributed by atoms with Crippen LogP contribution in [0.15, 0.2) is 47.1 Å². The molecule has 1 atom stereocenters. The molecule has 1 heterocycles. The lowest BCUT2D eigenvalue weighted by Crippen LogP contribution is -2.05. The SMILES string of the molecule is CCC(c1ccc(-c2ccco2)cc1)C(C)C. The molecule has 1 aromatic heterocycles. The van der Waals surface area contributed by atoms with E-state index in [1.807, 2.05) is 12.1 Å². The predicted octanol–water partition coefficient (Wildman–Crippen LogP) is 5.10. The van der Waals surface area contributed by atoms with Crippen molar-refractivity contribution in [3.8, 4) is 11.3 Å². The maximum Gasteiger partial charge on any atom is 0.133 e. The van der Waals surface area contributed by atoms with Crippen molar-refractivity contribution < 1.29 is 4.42 Å². The molecule has 0 spiro atoms. The van der Waals surface area contributed by atoms with Crippen LogP contribution in [0.2, 0.25) is 0 Å². The van der Waals surface area contributed by atoms with E-state index in [-0.39, 0.29) is 0 Å². The molecule has 0 saturated heterocycles. The van der Waals surface area contributed by atoms with Gasteiger partial charge in [0.15, 0.2) is 0 Å². The summed E-state index contributed by atoms with van der Waals surface area (Å²) in [6, 6.07) is 12.7. The molecule has 17 heavy (non-hydrogen) atoms. The van der Waals surface area contributed by atoms with Crippen molar-refractivity contribution in [1.29, 1.82) is 0 Å². The summed E-state index contributed by atoms with van der Waals surface area (Å²) in [5, 5.41) is 0. The van der Waals surface area contributed by atoms with Crippen LogP contribution in [0.5, 0.6) is 0 Å². The largest absolute Gasteiger partial charge is 0.464 e. The number of benzene rings is 1. The van der Waals surface area contributed by atoms with E-state index in [4.69, 9.17) is 4.42 Å². The molecule has 2 rings (SSSR count). The molecule has 90 valence electrons. The Hall–Kier alpha value is -1.50. The summed E-state index contributed by atoms with van der Waals surface area (Å²) < 4.78 is 5.39. The van der Waals surface area contributed by atoms with Crippen LogP contribution in [0, 0.1) is 5.92 Å². The van der Waals surface area contributed by atoms with Crippen molar-refractivity contribution in [3.63, 3.8) is 0 Å². The standard InChI is InChI=1S/C16H20O/c1-4-15(12(2)3)13-7-9-14(10-8-13)16-6-5-11-17-16/h5-12,15H,4H2,1-3H3. The van der Waals surface area contributed by atoms with Crippen LogP contribution in [0.3, 0.4) is 0 Å². The Kier molecular flexibility index (Phi) is 3.68. The Bertz CT molecular complexity index is 437. The molecular weight excluding hydrogens is 208 g/mol. The number of furan rings is 1. The zero-order valence-electron chi connectivity index (χ0n) is 10.8. The molecular formula is C16H20O. The van der Waals surface area contributed by atoms with Gasteiger partial charge in [-0.15, -0.1) is 0 Å². The second-order valence-corrected chi connectivity index (χ2v) is 4.86. The lowest BCUT2D eigenvalue weighted by Gasteiger charge is -2.19. The van der Waals surface area contributed by atoms with E-state index >= 15 is 0 Å². The molecule has 0 aliphatic carbocycles. The summed E-state index contributed by atoms with van der Waals surface area (Å²) in [5.41, 5.74) is 2.58. The fraction of sp³-hybridized carbons (Fsp3) is 0.375. The van der Waals surface area contributed by atoms with Crippen LogP contribution in [0.4, 0.5) is 0 Å². The summed E-state index contributed by atoms with van der Waals surface area (Å²) in [6.45, 7) is 6.83. The molecule has 0 radical (unpaired) electrons. The summed E-state index contributed by atoms with van der Waals surface area (Å²) in [6.07, 6.45) is 2.91. The summed E-state index contributed by atoms with van der Waals surface area (Å²) in [4.78, 5) is 0. The molecule has 0 fully saturated rings. The second-order valence-electron chi connectivity index (χ2n) is 4.86. The van der Waals surface area contributed by atoms with Crippen LogP contribution >= 0.6 is 0 Å². The van der Waals surface area contributed by atoms with Gasteiger partial charge in [-0.1, -0.05) is 45.0 Å². The first-order valence-corrected chi connectivity index (χ1v) is 6.36. The summed E-state index contributed by atoms with van der Waals surface area (Å²) in [7, 11) is 0. The van der Waals surface area contributed by atoms with E-state index in [0.29, 0.717) is 11.8 Å². The third kappa shape index (κ3) is 2.60. The summed E-state index contributed by atoms with van der Waals surface area (Å²) in [5.74, 6) is 2.28. The van der Waals surface area contributed by atoms with Gasteiger partial charge in [0.2, 0.25) is 0 Å². The maximum atomic E-state index is 5.39. The molecule has 1 nitrogen and oxygen atoms in total. The Morgan fingerprint density at radius 3 is 2.24 bits per heavy atom. The van der Waals surface area contributed by atoms with Gasteiger partial charge in [-0.25, -0.2) is 0 Å². The summed E-state index contributed by atoms with van der Waals surface area (Å²) >= 11 is 0. The van der Waals surface area contributed by atoms with E-state index in [9.17, 15) is 0 Å². The van der Waals surface area contributed by atoms with Crippen molar-refractivity contribution in [2.45, 2.75) is 33.1 Å². The van der Waals surface area contributed by atoms with Crippen molar-refractivity contribution >= 4 is 0 Å². The second kappa shape index (κ2) is 5.22. The fourth-order valence-corrected chi connectivity index (χ4v) is 2.43. The number of rotatable bonds is 4. The molecule has 0 aliphatic rings. The van der Waals surface area contributed by atoms with E-state index in [1.54, 1.807) is 6.26 Å². The van der Waals surface area contributed by atoms with Gasteiger partial charge < -0.3 is 4.42 Å². The van der Waals surface area contributed by atoms with Gasteiger partial charge in [0, 0.05) is 5.56 Å². The highest BCUT2D eigenvalue weighted by molar-refractivity contribution is 5.57. The first kappa shape index (κ1) is 12.0. The molecule has 2 aromatic rings.